The third kappa shape index (κ3) is 6.24. The predicted octanol–water partition coefficient (Wildman–Crippen LogP) is 1.90. The van der Waals surface area contributed by atoms with Crippen molar-refractivity contribution in [2.24, 2.45) is 5.92 Å². The summed E-state index contributed by atoms with van der Waals surface area (Å²) >= 11 is 0. The molecule has 1 unspecified atom stereocenters. The molecule has 0 amide bonds. The van der Waals surface area contributed by atoms with Gasteiger partial charge in [0.25, 0.3) is 0 Å². The number of H-pyrrole nitrogens is 1. The quantitative estimate of drug-likeness (QED) is 0.437. The molecule has 0 saturated carbocycles. The van der Waals surface area contributed by atoms with E-state index in [9.17, 15) is 15.0 Å². The van der Waals surface area contributed by atoms with Gasteiger partial charge in [0.15, 0.2) is 5.82 Å². The Morgan fingerprint density at radius 1 is 1.37 bits per heavy atom. The van der Waals surface area contributed by atoms with E-state index in [1.54, 1.807) is 0 Å². The number of β-amino-alcohol motifs (C(OH)–C–C–N with tert-alkyl or cyclic N) is 1. The van der Waals surface area contributed by atoms with Crippen molar-refractivity contribution in [3.05, 3.63) is 35.7 Å². The number of aromatic amines is 1. The lowest BCUT2D eigenvalue weighted by atomic mass is 9.83. The number of aliphatic carboxylic acids is 1. The first-order chi connectivity index (χ1) is 14.6. The molecule has 1 aromatic heterocycles. The zero-order valence-corrected chi connectivity index (χ0v) is 17.5. The van der Waals surface area contributed by atoms with Gasteiger partial charge in [0.1, 0.15) is 0 Å². The monoisotopic (exact) mass is 416 g/mol. The number of nitrogens with zero attached hydrogens (tertiary/aromatic N) is 4. The molecule has 4 N–H and O–H groups in total. The van der Waals surface area contributed by atoms with Gasteiger partial charge in [-0.05, 0) is 49.9 Å². The molecule has 1 fully saturated rings. The Morgan fingerprint density at radius 3 is 2.80 bits per heavy atom. The molecule has 1 aromatic carbocycles. The number of nitrogens with one attached hydrogen (secondary N) is 2. The lowest BCUT2D eigenvalue weighted by Crippen LogP contribution is -2.40. The number of carbonyl (C=O) groups is 1. The van der Waals surface area contributed by atoms with Crippen LogP contribution in [0.4, 0.5) is 5.69 Å². The van der Waals surface area contributed by atoms with E-state index in [0.29, 0.717) is 18.7 Å². The zero-order valence-electron chi connectivity index (χ0n) is 17.5. The van der Waals surface area contributed by atoms with Crippen molar-refractivity contribution in [3.8, 4) is 0 Å². The molecule has 1 saturated heterocycles. The van der Waals surface area contributed by atoms with Crippen LogP contribution in [0.3, 0.4) is 0 Å². The summed E-state index contributed by atoms with van der Waals surface area (Å²) in [5.41, 5.74) is 2.06. The van der Waals surface area contributed by atoms with Gasteiger partial charge < -0.3 is 15.5 Å². The van der Waals surface area contributed by atoms with E-state index < -0.39 is 11.9 Å². The lowest BCUT2D eigenvalue weighted by Gasteiger charge is -2.30. The number of likely N-dealkylation sites (tertiary alicyclic amines) is 1. The summed E-state index contributed by atoms with van der Waals surface area (Å²) in [5, 5.41) is 37.1. The van der Waals surface area contributed by atoms with Gasteiger partial charge in [-0.1, -0.05) is 30.7 Å². The fraction of sp³-hybridized carbons (Fsp3) is 0.619. The largest absolute Gasteiger partial charge is 0.481 e. The Bertz CT molecular complexity index is 768. The number of tetrazole rings is 1. The molecule has 2 aromatic rings. The van der Waals surface area contributed by atoms with Gasteiger partial charge in [-0.15, -0.1) is 10.2 Å². The van der Waals surface area contributed by atoms with Crippen LogP contribution in [0.5, 0.6) is 0 Å². The fourth-order valence-corrected chi connectivity index (χ4v) is 4.15. The standard InChI is InChI=1S/C21H32N6O3/c1-2-4-18(21(29)30)19(20-23-25-26-24-20)13-15-6-8-16(9-7-15)22-10-12-27-11-3-5-17(28)14-27/h6-9,17-19,22,28H,2-5,10-14H2,1H3,(H,29,30)(H,23,24,25,26)/t17?,18-,19-/m0/s1. The van der Waals surface area contributed by atoms with Crippen LogP contribution in [-0.2, 0) is 11.2 Å². The summed E-state index contributed by atoms with van der Waals surface area (Å²) in [6, 6.07) is 8.07. The van der Waals surface area contributed by atoms with Crippen molar-refractivity contribution >= 4 is 11.7 Å². The summed E-state index contributed by atoms with van der Waals surface area (Å²) in [4.78, 5) is 14.1. The van der Waals surface area contributed by atoms with Gasteiger partial charge in [0.05, 0.1) is 12.0 Å². The minimum Gasteiger partial charge on any atom is -0.481 e. The molecule has 0 radical (unpaired) electrons. The number of aromatic nitrogens is 4. The van der Waals surface area contributed by atoms with E-state index in [1.165, 1.54) is 0 Å². The smallest absolute Gasteiger partial charge is 0.307 e. The minimum atomic E-state index is -0.826. The van der Waals surface area contributed by atoms with Gasteiger partial charge in [0, 0.05) is 31.2 Å². The molecule has 2 heterocycles. The average Bonchev–Trinajstić information content (AvgIpc) is 3.26. The summed E-state index contributed by atoms with van der Waals surface area (Å²) in [6.07, 6.45) is 3.64. The molecule has 164 valence electrons. The van der Waals surface area contributed by atoms with Crippen LogP contribution in [0.25, 0.3) is 0 Å². The van der Waals surface area contributed by atoms with Crippen LogP contribution in [0.15, 0.2) is 24.3 Å². The molecular weight excluding hydrogens is 384 g/mol. The lowest BCUT2D eigenvalue weighted by molar-refractivity contribution is -0.142. The number of aliphatic hydroxyl groups excluding tert-OH is 1. The number of carboxylic acid groups (broad SMARTS) is 1. The Labute approximate surface area is 176 Å². The van der Waals surface area contributed by atoms with Crippen LogP contribution in [-0.4, -0.2) is 74.0 Å². The van der Waals surface area contributed by atoms with E-state index in [1.807, 2.05) is 31.2 Å². The first-order valence-electron chi connectivity index (χ1n) is 10.8. The van der Waals surface area contributed by atoms with Crippen LogP contribution < -0.4 is 5.32 Å². The van der Waals surface area contributed by atoms with Crippen molar-refractivity contribution in [2.45, 2.75) is 51.0 Å². The molecular formula is C21H32N6O3. The molecule has 1 aliphatic rings. The number of rotatable bonds is 11. The highest BCUT2D eigenvalue weighted by molar-refractivity contribution is 5.71. The first-order valence-corrected chi connectivity index (χ1v) is 10.8. The second-order valence-electron chi connectivity index (χ2n) is 8.03. The molecule has 30 heavy (non-hydrogen) atoms. The van der Waals surface area contributed by atoms with Gasteiger partial charge in [0.2, 0.25) is 0 Å². The summed E-state index contributed by atoms with van der Waals surface area (Å²) in [5.74, 6) is -1.26. The number of piperidine rings is 1. The van der Waals surface area contributed by atoms with Crippen molar-refractivity contribution < 1.29 is 15.0 Å². The highest BCUT2D eigenvalue weighted by atomic mass is 16.4. The van der Waals surface area contributed by atoms with Crippen LogP contribution in [0.2, 0.25) is 0 Å². The maximum atomic E-state index is 11.8. The number of anilines is 1. The van der Waals surface area contributed by atoms with Crippen molar-refractivity contribution in [3.63, 3.8) is 0 Å². The van der Waals surface area contributed by atoms with Crippen LogP contribution >= 0.6 is 0 Å². The highest BCUT2D eigenvalue weighted by Gasteiger charge is 2.31. The SMILES string of the molecule is CCC[C@H](C(=O)O)[C@H](Cc1ccc(NCCN2CCCC(O)C2)cc1)c1nn[nH]n1. The second-order valence-corrected chi connectivity index (χ2v) is 8.03. The van der Waals surface area contributed by atoms with Gasteiger partial charge in [-0.3, -0.25) is 9.69 Å². The highest BCUT2D eigenvalue weighted by Crippen LogP contribution is 2.30. The molecule has 3 atom stereocenters. The van der Waals surface area contributed by atoms with Crippen LogP contribution in [0, 0.1) is 5.92 Å². The predicted molar refractivity (Wildman–Crippen MR) is 113 cm³/mol. The number of carboxylic acids is 1. The topological polar surface area (TPSA) is 127 Å². The number of aliphatic hydroxyl groups is 1. The fourth-order valence-electron chi connectivity index (χ4n) is 4.15. The van der Waals surface area contributed by atoms with E-state index in [-0.39, 0.29) is 12.0 Å². The molecule has 0 spiro atoms. The van der Waals surface area contributed by atoms with Crippen molar-refractivity contribution in [1.29, 1.82) is 0 Å². The van der Waals surface area contributed by atoms with Crippen LogP contribution in [0.1, 0.15) is 49.9 Å². The van der Waals surface area contributed by atoms with E-state index in [2.05, 4.69) is 30.8 Å². The summed E-state index contributed by atoms with van der Waals surface area (Å²) in [7, 11) is 0. The van der Waals surface area contributed by atoms with Gasteiger partial charge >= 0.3 is 5.97 Å². The molecule has 1 aliphatic heterocycles. The maximum absolute atomic E-state index is 11.8. The van der Waals surface area contributed by atoms with E-state index >= 15 is 0 Å². The van der Waals surface area contributed by atoms with Crippen molar-refractivity contribution in [2.75, 3.05) is 31.5 Å². The normalized spacial score (nSPS) is 19.3. The summed E-state index contributed by atoms with van der Waals surface area (Å²) < 4.78 is 0. The molecule has 0 bridgehead atoms. The Balaban J connectivity index is 1.57. The van der Waals surface area contributed by atoms with E-state index in [4.69, 9.17) is 0 Å². The Hall–Kier alpha value is -2.52. The maximum Gasteiger partial charge on any atom is 0.307 e. The molecule has 9 heteroatoms. The Morgan fingerprint density at radius 2 is 2.17 bits per heavy atom. The van der Waals surface area contributed by atoms with Crippen molar-refractivity contribution in [1.82, 2.24) is 25.5 Å². The van der Waals surface area contributed by atoms with Gasteiger partial charge in [-0.2, -0.15) is 5.21 Å². The third-order valence-corrected chi connectivity index (χ3v) is 5.74. The average molecular weight is 417 g/mol. The molecule has 3 rings (SSSR count). The number of benzene rings is 1. The van der Waals surface area contributed by atoms with E-state index in [0.717, 1.165) is 56.7 Å². The number of hydrogen-bond donors (Lipinski definition) is 4. The summed E-state index contributed by atoms with van der Waals surface area (Å²) in [6.45, 7) is 5.48. The minimum absolute atomic E-state index is 0.201. The van der Waals surface area contributed by atoms with Gasteiger partial charge in [-0.25, -0.2) is 0 Å². The first kappa shape index (κ1) is 22.2. The third-order valence-electron chi connectivity index (χ3n) is 5.74. The number of hydrogen-bond acceptors (Lipinski definition) is 7. The Kier molecular flexibility index (Phi) is 8.15. The zero-order chi connectivity index (χ0) is 21.3. The molecule has 0 aliphatic carbocycles. The second kappa shape index (κ2) is 11.0. The molecule has 9 nitrogen and oxygen atoms in total.